The van der Waals surface area contributed by atoms with Gasteiger partial charge in [0.25, 0.3) is 0 Å². The second-order valence-electron chi connectivity index (χ2n) is 7.52. The normalized spacial score (nSPS) is 25.8. The van der Waals surface area contributed by atoms with Crippen LogP contribution in [0.3, 0.4) is 0 Å². The third kappa shape index (κ3) is 9.18. The van der Waals surface area contributed by atoms with E-state index in [1.807, 2.05) is 0 Å². The summed E-state index contributed by atoms with van der Waals surface area (Å²) in [6.07, 6.45) is 22.4. The third-order valence-corrected chi connectivity index (χ3v) is 5.15. The lowest BCUT2D eigenvalue weighted by atomic mass is 10.0. The average Bonchev–Trinajstić information content (AvgIpc) is 3.16. The predicted molar refractivity (Wildman–Crippen MR) is 102 cm³/mol. The number of epoxide rings is 1. The SMILES string of the molecule is CCCCCCCC/C=C/CCCCCCCCC1(O)OC1(O)CO. The summed E-state index contributed by atoms with van der Waals surface area (Å²) in [6.45, 7) is 1.71. The Bertz CT molecular complexity index is 358. The van der Waals surface area contributed by atoms with Crippen molar-refractivity contribution in [3.63, 3.8) is 0 Å². The molecule has 0 saturated carbocycles. The van der Waals surface area contributed by atoms with E-state index >= 15 is 0 Å². The van der Waals surface area contributed by atoms with Crippen LogP contribution in [0.15, 0.2) is 12.2 Å². The fraction of sp³-hybridized carbons (Fsp3) is 0.905. The van der Waals surface area contributed by atoms with Gasteiger partial charge in [-0.25, -0.2) is 0 Å². The largest absolute Gasteiger partial charge is 0.391 e. The summed E-state index contributed by atoms with van der Waals surface area (Å²) in [5.41, 5.74) is 0. The van der Waals surface area contributed by atoms with Crippen molar-refractivity contribution in [2.75, 3.05) is 6.61 Å². The molecule has 0 aromatic heterocycles. The highest BCUT2D eigenvalue weighted by atomic mass is 16.8. The van der Waals surface area contributed by atoms with Crippen LogP contribution < -0.4 is 0 Å². The molecule has 0 aromatic carbocycles. The lowest BCUT2D eigenvalue weighted by molar-refractivity contribution is -0.0245. The van der Waals surface area contributed by atoms with E-state index in [9.17, 15) is 10.2 Å². The summed E-state index contributed by atoms with van der Waals surface area (Å²) in [5, 5.41) is 28.3. The summed E-state index contributed by atoms with van der Waals surface area (Å²) < 4.78 is 4.82. The highest BCUT2D eigenvalue weighted by Gasteiger charge is 2.68. The number of unbranched alkanes of at least 4 members (excludes halogenated alkanes) is 12. The van der Waals surface area contributed by atoms with Crippen molar-refractivity contribution in [2.45, 2.75) is 115 Å². The summed E-state index contributed by atoms with van der Waals surface area (Å²) in [5.74, 6) is -3.22. The number of hydrogen-bond donors (Lipinski definition) is 3. The van der Waals surface area contributed by atoms with Gasteiger partial charge in [0.15, 0.2) is 0 Å². The monoisotopic (exact) mass is 356 g/mol. The quantitative estimate of drug-likeness (QED) is 0.199. The number of hydrogen-bond acceptors (Lipinski definition) is 4. The van der Waals surface area contributed by atoms with Crippen LogP contribution in [0.2, 0.25) is 0 Å². The maximum Gasteiger partial charge on any atom is 0.247 e. The maximum absolute atomic E-state index is 9.82. The minimum atomic E-state index is -1.71. The van der Waals surface area contributed by atoms with Crippen molar-refractivity contribution < 1.29 is 20.1 Å². The highest BCUT2D eigenvalue weighted by molar-refractivity contribution is 4.99. The molecule has 0 bridgehead atoms. The maximum atomic E-state index is 9.82. The van der Waals surface area contributed by atoms with Crippen molar-refractivity contribution in [1.29, 1.82) is 0 Å². The average molecular weight is 357 g/mol. The van der Waals surface area contributed by atoms with E-state index in [-0.39, 0.29) is 0 Å². The minimum absolute atomic E-state index is 0.394. The van der Waals surface area contributed by atoms with Crippen LogP contribution in [-0.4, -0.2) is 33.5 Å². The summed E-state index contributed by atoms with van der Waals surface area (Å²) in [7, 11) is 0. The second kappa shape index (κ2) is 12.9. The standard InChI is InChI=1S/C21H40O4/c1-2-3-4-5-6-7-8-9-10-11-12-13-14-15-16-17-18-20(23)21(24,19-22)25-20/h9-10,22-24H,2-8,11-19H2,1H3/b10-9+. The molecule has 0 amide bonds. The molecular weight excluding hydrogens is 316 g/mol. The van der Waals surface area contributed by atoms with E-state index in [1.54, 1.807) is 0 Å². The van der Waals surface area contributed by atoms with Gasteiger partial charge in [-0.2, -0.15) is 0 Å². The summed E-state index contributed by atoms with van der Waals surface area (Å²) in [6, 6.07) is 0. The molecule has 0 aromatic rings. The Morgan fingerprint density at radius 1 is 0.680 bits per heavy atom. The zero-order valence-electron chi connectivity index (χ0n) is 16.2. The van der Waals surface area contributed by atoms with Crippen molar-refractivity contribution in [1.82, 2.24) is 0 Å². The molecule has 1 rings (SSSR count). The molecule has 1 aliphatic rings. The van der Waals surface area contributed by atoms with Crippen LogP contribution in [0.5, 0.6) is 0 Å². The first-order valence-corrected chi connectivity index (χ1v) is 10.5. The summed E-state index contributed by atoms with van der Waals surface area (Å²) >= 11 is 0. The zero-order valence-corrected chi connectivity index (χ0v) is 16.2. The van der Waals surface area contributed by atoms with Gasteiger partial charge in [0, 0.05) is 6.42 Å². The number of aliphatic hydroxyl groups excluding tert-OH is 1. The van der Waals surface area contributed by atoms with E-state index in [1.165, 1.54) is 70.6 Å². The zero-order chi connectivity index (χ0) is 18.4. The molecule has 3 N–H and O–H groups in total. The highest BCUT2D eigenvalue weighted by Crippen LogP contribution is 2.46. The Balaban J connectivity index is 1.78. The lowest BCUT2D eigenvalue weighted by Gasteiger charge is -2.07. The molecular formula is C21H40O4. The Hall–Kier alpha value is -0.420. The first-order valence-electron chi connectivity index (χ1n) is 10.5. The minimum Gasteiger partial charge on any atom is -0.391 e. The molecule has 0 aliphatic carbocycles. The molecule has 2 unspecified atom stereocenters. The van der Waals surface area contributed by atoms with Crippen LogP contribution in [0.25, 0.3) is 0 Å². The Morgan fingerprint density at radius 2 is 1.16 bits per heavy atom. The predicted octanol–water partition coefficient (Wildman–Crippen LogP) is 4.81. The molecule has 1 aliphatic heterocycles. The molecule has 4 nitrogen and oxygen atoms in total. The van der Waals surface area contributed by atoms with Gasteiger partial charge in [0.1, 0.15) is 6.61 Å². The van der Waals surface area contributed by atoms with Crippen LogP contribution in [0.1, 0.15) is 103 Å². The van der Waals surface area contributed by atoms with Crippen molar-refractivity contribution >= 4 is 0 Å². The van der Waals surface area contributed by atoms with Crippen LogP contribution in [-0.2, 0) is 4.74 Å². The van der Waals surface area contributed by atoms with Gasteiger partial charge >= 0.3 is 0 Å². The van der Waals surface area contributed by atoms with Gasteiger partial charge in [0.05, 0.1) is 0 Å². The molecule has 0 spiro atoms. The number of aliphatic hydroxyl groups is 3. The fourth-order valence-electron chi connectivity index (χ4n) is 3.27. The van der Waals surface area contributed by atoms with E-state index in [0.29, 0.717) is 6.42 Å². The summed E-state index contributed by atoms with van der Waals surface area (Å²) in [4.78, 5) is 0. The molecule has 25 heavy (non-hydrogen) atoms. The molecule has 1 fully saturated rings. The molecule has 148 valence electrons. The van der Waals surface area contributed by atoms with Crippen LogP contribution in [0, 0.1) is 0 Å². The molecule has 1 heterocycles. The fourth-order valence-corrected chi connectivity index (χ4v) is 3.27. The van der Waals surface area contributed by atoms with Crippen molar-refractivity contribution in [3.8, 4) is 0 Å². The first-order chi connectivity index (χ1) is 12.1. The van der Waals surface area contributed by atoms with Crippen molar-refractivity contribution in [2.24, 2.45) is 0 Å². The van der Waals surface area contributed by atoms with E-state index in [2.05, 4.69) is 19.1 Å². The van der Waals surface area contributed by atoms with Crippen molar-refractivity contribution in [3.05, 3.63) is 12.2 Å². The lowest BCUT2D eigenvalue weighted by Crippen LogP contribution is -2.29. The van der Waals surface area contributed by atoms with Gasteiger partial charge < -0.3 is 20.1 Å². The van der Waals surface area contributed by atoms with Gasteiger partial charge in [-0.3, -0.25) is 0 Å². The van der Waals surface area contributed by atoms with E-state index in [4.69, 9.17) is 9.84 Å². The Morgan fingerprint density at radius 3 is 1.64 bits per heavy atom. The molecule has 4 heteroatoms. The smallest absolute Gasteiger partial charge is 0.247 e. The topological polar surface area (TPSA) is 73.2 Å². The number of rotatable bonds is 17. The van der Waals surface area contributed by atoms with Gasteiger partial charge in [-0.15, -0.1) is 0 Å². The van der Waals surface area contributed by atoms with Crippen LogP contribution in [0.4, 0.5) is 0 Å². The van der Waals surface area contributed by atoms with E-state index in [0.717, 1.165) is 19.3 Å². The van der Waals surface area contributed by atoms with Gasteiger partial charge in [-0.05, 0) is 32.1 Å². The number of ether oxygens (including phenoxy) is 1. The van der Waals surface area contributed by atoms with Crippen LogP contribution >= 0.6 is 0 Å². The van der Waals surface area contributed by atoms with Gasteiger partial charge in [-0.1, -0.05) is 76.9 Å². The third-order valence-electron chi connectivity index (χ3n) is 5.15. The second-order valence-corrected chi connectivity index (χ2v) is 7.52. The van der Waals surface area contributed by atoms with Gasteiger partial charge in [0.2, 0.25) is 11.6 Å². The Labute approximate surface area is 154 Å². The first kappa shape index (κ1) is 22.6. The molecule has 1 saturated heterocycles. The van der Waals surface area contributed by atoms with E-state index < -0.39 is 18.2 Å². The Kier molecular flexibility index (Phi) is 11.6. The molecule has 2 atom stereocenters. The molecule has 0 radical (unpaired) electrons. The number of allylic oxidation sites excluding steroid dienone is 2.